The number of anilines is 2. The Labute approximate surface area is 215 Å². The number of nitrogen functional groups attached to an aromatic ring is 2. The van der Waals surface area contributed by atoms with Gasteiger partial charge in [0, 0.05) is 18.2 Å². The van der Waals surface area contributed by atoms with Crippen molar-refractivity contribution in [3.8, 4) is 0 Å². The lowest BCUT2D eigenvalue weighted by atomic mass is 9.93. The number of nitrogens with two attached hydrogens (primary N) is 2. The Morgan fingerprint density at radius 3 is 2.41 bits per heavy atom. The number of aromatic nitrogens is 3. The number of nitrogens with one attached hydrogen (secondary N) is 2. The minimum absolute atomic E-state index is 0.00432. The molecule has 0 aliphatic rings. The lowest BCUT2D eigenvalue weighted by Crippen LogP contribution is -2.42. The van der Waals surface area contributed by atoms with Gasteiger partial charge in [-0.05, 0) is 62.3 Å². The molecule has 0 aliphatic heterocycles. The van der Waals surface area contributed by atoms with Crippen molar-refractivity contribution in [1.82, 2.24) is 20.3 Å². The van der Waals surface area contributed by atoms with Gasteiger partial charge in [0.25, 0.3) is 5.91 Å². The molecule has 11 nitrogen and oxygen atoms in total. The first kappa shape index (κ1) is 27.4. The Hall–Kier alpha value is -4.15. The molecule has 198 valence electrons. The van der Waals surface area contributed by atoms with Gasteiger partial charge in [0.15, 0.2) is 0 Å². The van der Waals surface area contributed by atoms with E-state index in [1.54, 1.807) is 26.0 Å². The number of aryl methyl sites for hydroxylation is 1. The molecule has 0 saturated heterocycles. The van der Waals surface area contributed by atoms with Crippen LogP contribution in [0.5, 0.6) is 0 Å². The first-order chi connectivity index (χ1) is 17.7. The maximum Gasteiger partial charge on any atom is 0.328 e. The number of rotatable bonds is 12. The summed E-state index contributed by atoms with van der Waals surface area (Å²) in [5, 5.41) is 3.46. The van der Waals surface area contributed by atoms with Crippen molar-refractivity contribution >= 4 is 40.6 Å². The predicted molar refractivity (Wildman–Crippen MR) is 140 cm³/mol. The van der Waals surface area contributed by atoms with E-state index < -0.39 is 23.9 Å². The number of benzene rings is 1. The number of H-pyrrole nitrogens is 1. The van der Waals surface area contributed by atoms with Crippen molar-refractivity contribution in [2.45, 2.75) is 58.4 Å². The zero-order chi connectivity index (χ0) is 26.9. The van der Waals surface area contributed by atoms with E-state index in [0.717, 1.165) is 29.4 Å². The van der Waals surface area contributed by atoms with Crippen LogP contribution in [-0.2, 0) is 25.5 Å². The molecule has 37 heavy (non-hydrogen) atoms. The Morgan fingerprint density at radius 1 is 1.03 bits per heavy atom. The second-order valence-corrected chi connectivity index (χ2v) is 8.69. The lowest BCUT2D eigenvalue weighted by Gasteiger charge is -2.17. The van der Waals surface area contributed by atoms with Crippen molar-refractivity contribution in [3.05, 3.63) is 47.2 Å². The largest absolute Gasteiger partial charge is 0.466 e. The first-order valence-electron chi connectivity index (χ1n) is 12.3. The SMILES string of the molecule is CCOC(=O)CC[C@H](NC(=O)c1ccc(C(C)CCc2c[nH]c3nc(N)nc(N)c23)cc1)C(=O)OCC. The van der Waals surface area contributed by atoms with E-state index >= 15 is 0 Å². The minimum Gasteiger partial charge on any atom is -0.466 e. The molecule has 1 unspecified atom stereocenters. The Morgan fingerprint density at radius 2 is 1.73 bits per heavy atom. The fourth-order valence-corrected chi connectivity index (χ4v) is 4.07. The number of aromatic amines is 1. The average Bonchev–Trinajstić information content (AvgIpc) is 3.28. The Bertz CT molecular complexity index is 1240. The molecule has 1 aromatic carbocycles. The molecule has 2 atom stereocenters. The van der Waals surface area contributed by atoms with E-state index in [4.69, 9.17) is 20.9 Å². The van der Waals surface area contributed by atoms with Crippen LogP contribution >= 0.6 is 0 Å². The first-order valence-corrected chi connectivity index (χ1v) is 12.3. The number of hydrogen-bond donors (Lipinski definition) is 4. The minimum atomic E-state index is -0.946. The molecule has 0 radical (unpaired) electrons. The molecule has 2 heterocycles. The zero-order valence-corrected chi connectivity index (χ0v) is 21.4. The van der Waals surface area contributed by atoms with Gasteiger partial charge in [-0.3, -0.25) is 9.59 Å². The number of ether oxygens (including phenoxy) is 2. The van der Waals surface area contributed by atoms with Crippen LogP contribution in [0.2, 0.25) is 0 Å². The molecule has 0 spiro atoms. The molecule has 0 fully saturated rings. The molecule has 11 heteroatoms. The highest BCUT2D eigenvalue weighted by atomic mass is 16.5. The third kappa shape index (κ3) is 7.18. The molecule has 0 saturated carbocycles. The maximum atomic E-state index is 12.8. The van der Waals surface area contributed by atoms with Gasteiger partial charge < -0.3 is 31.2 Å². The molecule has 3 aromatic rings. The standard InChI is InChI=1S/C26H34N6O5/c1-4-36-20(33)13-12-19(25(35)37-5-2)30-24(34)17-10-8-16(9-11-17)15(3)6-7-18-14-29-23-21(18)22(27)31-26(28)32-23/h8-11,14-15,19H,4-7,12-13H2,1-3H3,(H,30,34)(H5,27,28,29,31,32)/t15?,19-/m0/s1. The van der Waals surface area contributed by atoms with Gasteiger partial charge in [-0.25, -0.2) is 4.79 Å². The number of hydrogen-bond acceptors (Lipinski definition) is 9. The van der Waals surface area contributed by atoms with Crippen molar-refractivity contribution in [2.24, 2.45) is 0 Å². The van der Waals surface area contributed by atoms with Gasteiger partial charge in [0.2, 0.25) is 5.95 Å². The summed E-state index contributed by atoms with van der Waals surface area (Å²) in [6.07, 6.45) is 3.55. The fourth-order valence-electron chi connectivity index (χ4n) is 4.07. The van der Waals surface area contributed by atoms with E-state index in [-0.39, 0.29) is 37.9 Å². The Balaban J connectivity index is 1.61. The number of fused-ring (bicyclic) bond motifs is 1. The van der Waals surface area contributed by atoms with Gasteiger partial charge in [-0.1, -0.05) is 19.1 Å². The highest BCUT2D eigenvalue weighted by molar-refractivity contribution is 5.97. The van der Waals surface area contributed by atoms with Crippen LogP contribution in [0.1, 0.15) is 67.4 Å². The molecule has 3 rings (SSSR count). The van der Waals surface area contributed by atoms with Crippen LogP contribution in [0.4, 0.5) is 11.8 Å². The van der Waals surface area contributed by atoms with Crippen LogP contribution in [0.25, 0.3) is 11.0 Å². The quantitative estimate of drug-likeness (QED) is 0.267. The van der Waals surface area contributed by atoms with Crippen LogP contribution in [0, 0.1) is 0 Å². The second kappa shape index (κ2) is 12.7. The van der Waals surface area contributed by atoms with Gasteiger partial charge in [0.1, 0.15) is 17.5 Å². The van der Waals surface area contributed by atoms with Gasteiger partial charge in [0.05, 0.1) is 18.6 Å². The topological polar surface area (TPSA) is 175 Å². The average molecular weight is 511 g/mol. The summed E-state index contributed by atoms with van der Waals surface area (Å²) in [6.45, 7) is 5.91. The fraction of sp³-hybridized carbons (Fsp3) is 0.423. The third-order valence-corrected chi connectivity index (χ3v) is 6.07. The zero-order valence-electron chi connectivity index (χ0n) is 21.4. The number of esters is 2. The third-order valence-electron chi connectivity index (χ3n) is 6.07. The van der Waals surface area contributed by atoms with Gasteiger partial charge in [-0.2, -0.15) is 9.97 Å². The molecule has 2 aromatic heterocycles. The molecular weight excluding hydrogens is 476 g/mol. The number of amides is 1. The van der Waals surface area contributed by atoms with E-state index in [9.17, 15) is 14.4 Å². The summed E-state index contributed by atoms with van der Waals surface area (Å²) < 4.78 is 9.96. The maximum absolute atomic E-state index is 12.8. The molecule has 0 aliphatic carbocycles. The number of carbonyl (C=O) groups excluding carboxylic acids is 3. The van der Waals surface area contributed by atoms with Crippen molar-refractivity contribution in [1.29, 1.82) is 0 Å². The molecule has 0 bridgehead atoms. The number of nitrogens with zero attached hydrogens (tertiary/aromatic N) is 2. The number of carbonyl (C=O) groups is 3. The highest BCUT2D eigenvalue weighted by Crippen LogP contribution is 2.27. The molecule has 6 N–H and O–H groups in total. The second-order valence-electron chi connectivity index (χ2n) is 8.69. The van der Waals surface area contributed by atoms with E-state index in [0.29, 0.717) is 17.0 Å². The Kier molecular flexibility index (Phi) is 9.42. The summed E-state index contributed by atoms with van der Waals surface area (Å²) in [4.78, 5) is 48.1. The van der Waals surface area contributed by atoms with E-state index in [1.807, 2.05) is 18.3 Å². The molecular formula is C26H34N6O5. The summed E-state index contributed by atoms with van der Waals surface area (Å²) in [5.41, 5.74) is 14.8. The monoisotopic (exact) mass is 510 g/mol. The normalized spacial score (nSPS) is 12.6. The molecule has 1 amide bonds. The predicted octanol–water partition coefficient (Wildman–Crippen LogP) is 2.86. The lowest BCUT2D eigenvalue weighted by molar-refractivity contribution is -0.146. The van der Waals surface area contributed by atoms with Crippen LogP contribution in [0.3, 0.4) is 0 Å². The summed E-state index contributed by atoms with van der Waals surface area (Å²) >= 11 is 0. The smallest absolute Gasteiger partial charge is 0.328 e. The van der Waals surface area contributed by atoms with E-state index in [1.165, 1.54) is 0 Å². The van der Waals surface area contributed by atoms with Crippen molar-refractivity contribution in [2.75, 3.05) is 24.7 Å². The van der Waals surface area contributed by atoms with Gasteiger partial charge in [-0.15, -0.1) is 0 Å². The van der Waals surface area contributed by atoms with Crippen LogP contribution in [0.15, 0.2) is 30.5 Å². The summed E-state index contributed by atoms with van der Waals surface area (Å²) in [6, 6.07) is 6.28. The van der Waals surface area contributed by atoms with Gasteiger partial charge >= 0.3 is 11.9 Å². The van der Waals surface area contributed by atoms with Crippen molar-refractivity contribution in [3.63, 3.8) is 0 Å². The van der Waals surface area contributed by atoms with E-state index in [2.05, 4.69) is 27.2 Å². The highest BCUT2D eigenvalue weighted by Gasteiger charge is 2.24. The van der Waals surface area contributed by atoms with Crippen molar-refractivity contribution < 1.29 is 23.9 Å². The van der Waals surface area contributed by atoms with Crippen LogP contribution in [-0.4, -0.2) is 52.1 Å². The summed E-state index contributed by atoms with van der Waals surface area (Å²) in [7, 11) is 0. The summed E-state index contributed by atoms with van der Waals surface area (Å²) in [5.74, 6) is -0.758. The van der Waals surface area contributed by atoms with Crippen LogP contribution < -0.4 is 16.8 Å².